The van der Waals surface area contributed by atoms with Gasteiger partial charge in [0.05, 0.1) is 11.3 Å². The monoisotopic (exact) mass is 474 g/mol. The van der Waals surface area contributed by atoms with Crippen molar-refractivity contribution < 1.29 is 9.18 Å². The fraction of sp³-hybridized carbons (Fsp3) is 0.414. The van der Waals surface area contributed by atoms with Crippen molar-refractivity contribution >= 4 is 17.5 Å². The fourth-order valence-electron chi connectivity index (χ4n) is 4.54. The molecule has 184 valence electrons. The third-order valence-electron chi connectivity index (χ3n) is 6.50. The minimum Gasteiger partial charge on any atom is -0.341 e. The molecule has 0 spiro atoms. The van der Waals surface area contributed by atoms with Crippen LogP contribution in [-0.2, 0) is 5.41 Å². The van der Waals surface area contributed by atoms with Gasteiger partial charge in [0, 0.05) is 36.6 Å². The number of anilines is 2. The van der Waals surface area contributed by atoms with Crippen molar-refractivity contribution in [3.8, 4) is 11.3 Å². The molecule has 35 heavy (non-hydrogen) atoms. The lowest BCUT2D eigenvalue weighted by Gasteiger charge is -2.30. The van der Waals surface area contributed by atoms with Crippen LogP contribution in [-0.4, -0.2) is 35.0 Å². The molecule has 1 aromatic heterocycles. The number of halogens is 1. The van der Waals surface area contributed by atoms with Crippen molar-refractivity contribution in [3.05, 3.63) is 71.7 Å². The summed E-state index contributed by atoms with van der Waals surface area (Å²) in [4.78, 5) is 27.3. The van der Waals surface area contributed by atoms with E-state index in [2.05, 4.69) is 42.8 Å². The highest BCUT2D eigenvalue weighted by Gasteiger charge is 2.28. The van der Waals surface area contributed by atoms with Gasteiger partial charge in [-0.1, -0.05) is 45.0 Å². The van der Waals surface area contributed by atoms with E-state index >= 15 is 0 Å². The topological polar surface area (TPSA) is 49.3 Å². The summed E-state index contributed by atoms with van der Waals surface area (Å²) in [6.07, 6.45) is 4.91. The molecule has 0 N–H and O–H groups in total. The minimum absolute atomic E-state index is 0.0563. The normalized spacial score (nSPS) is 14.3. The van der Waals surface area contributed by atoms with Gasteiger partial charge in [0.25, 0.3) is 5.91 Å². The molecule has 1 aliphatic rings. The molecule has 0 atom stereocenters. The average molecular weight is 475 g/mol. The number of piperidine rings is 1. The molecule has 0 aliphatic carbocycles. The maximum atomic E-state index is 15.0. The zero-order valence-corrected chi connectivity index (χ0v) is 21.4. The van der Waals surface area contributed by atoms with Crippen molar-refractivity contribution in [2.75, 3.05) is 22.9 Å². The van der Waals surface area contributed by atoms with Crippen LogP contribution in [0.25, 0.3) is 11.3 Å². The number of carbonyl (C=O) groups is 1. The van der Waals surface area contributed by atoms with Crippen molar-refractivity contribution in [1.29, 1.82) is 0 Å². The summed E-state index contributed by atoms with van der Waals surface area (Å²) in [5.74, 6) is -0.101. The third-order valence-corrected chi connectivity index (χ3v) is 6.50. The lowest BCUT2D eigenvalue weighted by Crippen LogP contribution is -2.38. The summed E-state index contributed by atoms with van der Waals surface area (Å²) in [6, 6.07) is 14.4. The highest BCUT2D eigenvalue weighted by Crippen LogP contribution is 2.32. The lowest BCUT2D eigenvalue weighted by atomic mass is 9.87. The molecule has 4 rings (SSSR count). The van der Waals surface area contributed by atoms with Gasteiger partial charge in [-0.15, -0.1) is 0 Å². The van der Waals surface area contributed by atoms with Gasteiger partial charge >= 0.3 is 0 Å². The van der Waals surface area contributed by atoms with Gasteiger partial charge in [-0.3, -0.25) is 4.79 Å². The highest BCUT2D eigenvalue weighted by molar-refractivity contribution is 6.10. The zero-order valence-electron chi connectivity index (χ0n) is 21.4. The molecule has 3 aromatic rings. The number of amides is 1. The van der Waals surface area contributed by atoms with Gasteiger partial charge in [0.1, 0.15) is 5.82 Å². The van der Waals surface area contributed by atoms with E-state index in [9.17, 15) is 9.18 Å². The molecule has 0 radical (unpaired) electrons. The molecular formula is C29H35FN4O. The Labute approximate surface area is 208 Å². The van der Waals surface area contributed by atoms with Gasteiger partial charge in [-0.25, -0.2) is 14.4 Å². The molecule has 2 heterocycles. The van der Waals surface area contributed by atoms with Crippen LogP contribution in [0.15, 0.2) is 54.7 Å². The fourth-order valence-corrected chi connectivity index (χ4v) is 4.54. The van der Waals surface area contributed by atoms with Crippen LogP contribution in [0.5, 0.6) is 0 Å². The van der Waals surface area contributed by atoms with Crippen LogP contribution < -0.4 is 9.80 Å². The Kier molecular flexibility index (Phi) is 7.20. The second kappa shape index (κ2) is 10.1. The lowest BCUT2D eigenvalue weighted by molar-refractivity contribution is 0.0980. The Morgan fingerprint density at radius 2 is 1.74 bits per heavy atom. The summed E-state index contributed by atoms with van der Waals surface area (Å²) in [7, 11) is 0. The Morgan fingerprint density at radius 1 is 1.03 bits per heavy atom. The van der Waals surface area contributed by atoms with Gasteiger partial charge < -0.3 is 9.80 Å². The van der Waals surface area contributed by atoms with Gasteiger partial charge in [0.2, 0.25) is 5.95 Å². The van der Waals surface area contributed by atoms with Crippen molar-refractivity contribution in [3.63, 3.8) is 0 Å². The third kappa shape index (κ3) is 5.37. The maximum absolute atomic E-state index is 15.0. The second-order valence-corrected chi connectivity index (χ2v) is 10.5. The Bertz CT molecular complexity index is 1200. The van der Waals surface area contributed by atoms with E-state index in [4.69, 9.17) is 4.98 Å². The first kappa shape index (κ1) is 24.8. The summed E-state index contributed by atoms with van der Waals surface area (Å²) in [5.41, 5.74) is 2.83. The Morgan fingerprint density at radius 3 is 2.40 bits per heavy atom. The highest BCUT2D eigenvalue weighted by atomic mass is 19.1. The quantitative estimate of drug-likeness (QED) is 0.417. The molecule has 1 amide bonds. The molecule has 0 saturated carbocycles. The molecule has 2 aromatic carbocycles. The number of aromatic nitrogens is 2. The molecule has 0 unspecified atom stereocenters. The van der Waals surface area contributed by atoms with E-state index in [1.807, 2.05) is 26.0 Å². The SMILES string of the molecule is CC(C)N(C(=O)c1cnc(N2CCCCC2)nc1-c1ccccc1F)c1cccc(C(C)(C)C)c1. The standard InChI is InChI=1S/C29H35FN4O/c1-20(2)34(22-13-11-12-21(18-22)29(3,4)5)27(35)24-19-31-28(33-16-9-6-10-17-33)32-26(24)23-14-7-8-15-25(23)30/h7-8,11-15,18-20H,6,9-10,16-17H2,1-5H3. The summed E-state index contributed by atoms with van der Waals surface area (Å²) in [5, 5.41) is 0. The number of rotatable bonds is 5. The first-order chi connectivity index (χ1) is 16.7. The Balaban J connectivity index is 1.82. The van der Waals surface area contributed by atoms with Gasteiger partial charge in [-0.2, -0.15) is 0 Å². The number of nitrogens with zero attached hydrogens (tertiary/aromatic N) is 4. The van der Waals surface area contributed by atoms with E-state index in [1.54, 1.807) is 29.3 Å². The van der Waals surface area contributed by atoms with Crippen LogP contribution >= 0.6 is 0 Å². The molecule has 0 bridgehead atoms. The summed E-state index contributed by atoms with van der Waals surface area (Å²) in [6.45, 7) is 12.1. The van der Waals surface area contributed by atoms with Crippen LogP contribution in [0.4, 0.5) is 16.0 Å². The summed E-state index contributed by atoms with van der Waals surface area (Å²) < 4.78 is 15.0. The zero-order chi connectivity index (χ0) is 25.2. The van der Waals surface area contributed by atoms with E-state index in [1.165, 1.54) is 12.5 Å². The van der Waals surface area contributed by atoms with Crippen LogP contribution in [0.1, 0.15) is 69.8 Å². The van der Waals surface area contributed by atoms with Crippen molar-refractivity contribution in [2.24, 2.45) is 0 Å². The van der Waals surface area contributed by atoms with Crippen LogP contribution in [0.2, 0.25) is 0 Å². The minimum atomic E-state index is -0.407. The molecule has 1 fully saturated rings. The van der Waals surface area contributed by atoms with Gasteiger partial charge in [0.15, 0.2) is 0 Å². The number of hydrogen-bond acceptors (Lipinski definition) is 4. The van der Waals surface area contributed by atoms with E-state index < -0.39 is 5.82 Å². The van der Waals surface area contributed by atoms with Crippen molar-refractivity contribution in [2.45, 2.75) is 65.3 Å². The van der Waals surface area contributed by atoms with Crippen LogP contribution in [0.3, 0.4) is 0 Å². The first-order valence-corrected chi connectivity index (χ1v) is 12.5. The number of carbonyl (C=O) groups excluding carboxylic acids is 1. The van der Waals surface area contributed by atoms with Gasteiger partial charge in [-0.05, 0) is 68.4 Å². The smallest absolute Gasteiger partial charge is 0.262 e. The number of hydrogen-bond donors (Lipinski definition) is 0. The first-order valence-electron chi connectivity index (χ1n) is 12.5. The predicted molar refractivity (Wildman–Crippen MR) is 141 cm³/mol. The largest absolute Gasteiger partial charge is 0.341 e. The molecule has 1 saturated heterocycles. The number of benzene rings is 2. The molecular weight excluding hydrogens is 439 g/mol. The Hall–Kier alpha value is -3.28. The van der Waals surface area contributed by atoms with E-state index in [-0.39, 0.29) is 17.4 Å². The second-order valence-electron chi connectivity index (χ2n) is 10.5. The molecule has 1 aliphatic heterocycles. The summed E-state index contributed by atoms with van der Waals surface area (Å²) >= 11 is 0. The average Bonchev–Trinajstić information content (AvgIpc) is 2.84. The maximum Gasteiger partial charge on any atom is 0.262 e. The molecule has 5 nitrogen and oxygen atoms in total. The molecule has 6 heteroatoms. The van der Waals surface area contributed by atoms with Crippen LogP contribution in [0, 0.1) is 5.82 Å². The van der Waals surface area contributed by atoms with E-state index in [0.717, 1.165) is 37.2 Å². The predicted octanol–water partition coefficient (Wildman–Crippen LogP) is 6.63. The van der Waals surface area contributed by atoms with E-state index in [0.29, 0.717) is 22.8 Å². The van der Waals surface area contributed by atoms with Crippen molar-refractivity contribution in [1.82, 2.24) is 9.97 Å².